The summed E-state index contributed by atoms with van der Waals surface area (Å²) in [5.74, 6) is 0.676. The number of carbonyl (C=O) groups is 2. The Kier molecular flexibility index (Phi) is 3.52. The van der Waals surface area contributed by atoms with Crippen molar-refractivity contribution in [1.82, 2.24) is 0 Å². The van der Waals surface area contributed by atoms with Crippen LogP contribution in [-0.2, 0) is 11.2 Å². The Morgan fingerprint density at radius 1 is 1.30 bits per heavy atom. The number of rotatable bonds is 4. The van der Waals surface area contributed by atoms with Gasteiger partial charge >= 0.3 is 0 Å². The summed E-state index contributed by atoms with van der Waals surface area (Å²) in [4.78, 5) is 23.8. The van der Waals surface area contributed by atoms with Crippen LogP contribution in [0.4, 0.5) is 5.69 Å². The highest BCUT2D eigenvalue weighted by molar-refractivity contribution is 7.12. The second-order valence-corrected chi connectivity index (χ2v) is 5.50. The molecule has 102 valence electrons. The summed E-state index contributed by atoms with van der Waals surface area (Å²) in [6.07, 6.45) is 1.20. The van der Waals surface area contributed by atoms with E-state index in [1.807, 2.05) is 23.6 Å². The van der Waals surface area contributed by atoms with Crippen molar-refractivity contribution in [3.63, 3.8) is 0 Å². The zero-order valence-electron chi connectivity index (χ0n) is 10.7. The lowest BCUT2D eigenvalue weighted by molar-refractivity contribution is -0.116. The molecule has 5 heteroatoms. The summed E-state index contributed by atoms with van der Waals surface area (Å²) in [5.41, 5.74) is 1.88. The van der Waals surface area contributed by atoms with E-state index in [9.17, 15) is 9.59 Å². The summed E-state index contributed by atoms with van der Waals surface area (Å²) < 4.78 is 5.53. The molecule has 3 rings (SSSR count). The smallest absolute Gasteiger partial charge is 0.224 e. The average molecular weight is 287 g/mol. The minimum atomic E-state index is -0.0222. The van der Waals surface area contributed by atoms with Crippen molar-refractivity contribution in [2.24, 2.45) is 0 Å². The lowest BCUT2D eigenvalue weighted by atomic mass is 10.0. The lowest BCUT2D eigenvalue weighted by Gasteiger charge is -2.17. The number of ether oxygens (including phenoxy) is 1. The molecular weight excluding hydrogens is 274 g/mol. The molecule has 4 nitrogen and oxygen atoms in total. The maximum Gasteiger partial charge on any atom is 0.224 e. The number of nitrogens with one attached hydrogen (secondary N) is 1. The molecule has 0 spiro atoms. The molecule has 0 saturated carbocycles. The van der Waals surface area contributed by atoms with E-state index >= 15 is 0 Å². The van der Waals surface area contributed by atoms with Crippen LogP contribution in [0.5, 0.6) is 5.75 Å². The number of ketones is 1. The van der Waals surface area contributed by atoms with Gasteiger partial charge in [-0.05, 0) is 41.6 Å². The van der Waals surface area contributed by atoms with Crippen molar-refractivity contribution >= 4 is 28.7 Å². The first-order valence-electron chi connectivity index (χ1n) is 6.34. The molecule has 1 aliphatic heterocycles. The third-order valence-electron chi connectivity index (χ3n) is 3.14. The molecule has 1 aromatic heterocycles. The van der Waals surface area contributed by atoms with E-state index in [1.165, 1.54) is 11.3 Å². The van der Waals surface area contributed by atoms with Crippen molar-refractivity contribution < 1.29 is 14.3 Å². The zero-order valence-corrected chi connectivity index (χ0v) is 11.5. The van der Waals surface area contributed by atoms with Crippen molar-refractivity contribution in [3.05, 3.63) is 46.2 Å². The molecule has 1 aliphatic rings. The summed E-state index contributed by atoms with van der Waals surface area (Å²) in [6.45, 7) is 0.0334. The standard InChI is InChI=1S/C15H13NO3S/c17-13(14-2-1-7-20-14)9-19-11-4-5-12-10(8-11)3-6-15(18)16-12/h1-2,4-5,7-8H,3,6,9H2,(H,16,18). The fraction of sp³-hybridized carbons (Fsp3) is 0.200. The highest BCUT2D eigenvalue weighted by Crippen LogP contribution is 2.26. The molecule has 0 radical (unpaired) electrons. The Balaban J connectivity index is 1.67. The van der Waals surface area contributed by atoms with Gasteiger partial charge in [0.25, 0.3) is 0 Å². The summed E-state index contributed by atoms with van der Waals surface area (Å²) >= 11 is 1.41. The highest BCUT2D eigenvalue weighted by Gasteiger charge is 2.15. The largest absolute Gasteiger partial charge is 0.485 e. The molecular formula is C15H13NO3S. The second kappa shape index (κ2) is 5.46. The number of aryl methyl sites for hydroxylation is 1. The van der Waals surface area contributed by atoms with Crippen molar-refractivity contribution in [1.29, 1.82) is 0 Å². The molecule has 1 N–H and O–H groups in total. The van der Waals surface area contributed by atoms with Crippen LogP contribution >= 0.6 is 11.3 Å². The van der Waals surface area contributed by atoms with Gasteiger partial charge in [-0.3, -0.25) is 9.59 Å². The van der Waals surface area contributed by atoms with Crippen LogP contribution in [-0.4, -0.2) is 18.3 Å². The molecule has 20 heavy (non-hydrogen) atoms. The van der Waals surface area contributed by atoms with E-state index in [0.29, 0.717) is 23.5 Å². The van der Waals surface area contributed by atoms with Crippen LogP contribution in [0, 0.1) is 0 Å². The minimum Gasteiger partial charge on any atom is -0.485 e. The van der Waals surface area contributed by atoms with Gasteiger partial charge in [-0.1, -0.05) is 6.07 Å². The first kappa shape index (κ1) is 12.9. The summed E-state index contributed by atoms with van der Waals surface area (Å²) in [7, 11) is 0. The molecule has 0 fully saturated rings. The van der Waals surface area contributed by atoms with Crippen LogP contribution in [0.1, 0.15) is 21.7 Å². The maximum absolute atomic E-state index is 11.8. The predicted molar refractivity (Wildman–Crippen MR) is 77.5 cm³/mol. The summed E-state index contributed by atoms with van der Waals surface area (Å²) in [6, 6.07) is 9.11. The molecule has 0 aliphatic carbocycles. The van der Waals surface area contributed by atoms with Crippen molar-refractivity contribution in [2.45, 2.75) is 12.8 Å². The number of hydrogen-bond acceptors (Lipinski definition) is 4. The zero-order chi connectivity index (χ0) is 13.9. The number of benzene rings is 1. The second-order valence-electron chi connectivity index (χ2n) is 4.56. The van der Waals surface area contributed by atoms with Gasteiger partial charge in [0.05, 0.1) is 4.88 Å². The van der Waals surface area contributed by atoms with Gasteiger partial charge in [0.2, 0.25) is 11.7 Å². The number of fused-ring (bicyclic) bond motifs is 1. The van der Waals surface area contributed by atoms with E-state index in [2.05, 4.69) is 5.32 Å². The third kappa shape index (κ3) is 2.72. The molecule has 0 bridgehead atoms. The van der Waals surface area contributed by atoms with E-state index in [1.54, 1.807) is 12.1 Å². The van der Waals surface area contributed by atoms with Gasteiger partial charge in [-0.25, -0.2) is 0 Å². The molecule has 0 unspecified atom stereocenters. The van der Waals surface area contributed by atoms with Gasteiger partial charge < -0.3 is 10.1 Å². The van der Waals surface area contributed by atoms with Crippen LogP contribution in [0.15, 0.2) is 35.7 Å². The maximum atomic E-state index is 11.8. The Labute approximate surface area is 120 Å². The van der Waals surface area contributed by atoms with Crippen LogP contribution in [0.2, 0.25) is 0 Å². The predicted octanol–water partition coefficient (Wildman–Crippen LogP) is 2.89. The fourth-order valence-electron chi connectivity index (χ4n) is 2.11. The fourth-order valence-corrected chi connectivity index (χ4v) is 2.76. The van der Waals surface area contributed by atoms with Crippen LogP contribution < -0.4 is 10.1 Å². The molecule has 0 saturated heterocycles. The Bertz CT molecular complexity index is 649. The number of Topliss-reactive ketones (excluding diaryl/α,β-unsaturated/α-hetero) is 1. The number of amides is 1. The average Bonchev–Trinajstić information content (AvgIpc) is 2.99. The lowest BCUT2D eigenvalue weighted by Crippen LogP contribution is -2.19. The van der Waals surface area contributed by atoms with Crippen LogP contribution in [0.25, 0.3) is 0 Å². The van der Waals surface area contributed by atoms with E-state index < -0.39 is 0 Å². The number of thiophene rings is 1. The number of anilines is 1. The van der Waals surface area contributed by atoms with Gasteiger partial charge in [-0.2, -0.15) is 0 Å². The van der Waals surface area contributed by atoms with Crippen molar-refractivity contribution in [3.8, 4) is 5.75 Å². The number of hydrogen-bond donors (Lipinski definition) is 1. The Hall–Kier alpha value is -2.14. The van der Waals surface area contributed by atoms with Gasteiger partial charge in [0.1, 0.15) is 5.75 Å². The Morgan fingerprint density at radius 2 is 2.20 bits per heavy atom. The summed E-state index contributed by atoms with van der Waals surface area (Å²) in [5, 5.41) is 4.68. The Morgan fingerprint density at radius 3 is 3.00 bits per heavy atom. The van der Waals surface area contributed by atoms with Crippen molar-refractivity contribution in [2.75, 3.05) is 11.9 Å². The van der Waals surface area contributed by atoms with Gasteiger partial charge in [0, 0.05) is 12.1 Å². The first-order valence-corrected chi connectivity index (χ1v) is 7.22. The third-order valence-corrected chi connectivity index (χ3v) is 4.05. The number of carbonyl (C=O) groups excluding carboxylic acids is 2. The molecule has 1 amide bonds. The SMILES string of the molecule is O=C1CCc2cc(OCC(=O)c3cccs3)ccc2N1. The molecule has 0 atom stereocenters. The normalized spacial score (nSPS) is 13.5. The van der Waals surface area contributed by atoms with E-state index in [0.717, 1.165) is 11.3 Å². The van der Waals surface area contributed by atoms with Crippen LogP contribution in [0.3, 0.4) is 0 Å². The molecule has 2 heterocycles. The van der Waals surface area contributed by atoms with Gasteiger partial charge in [0.15, 0.2) is 6.61 Å². The van der Waals surface area contributed by atoms with Gasteiger partial charge in [-0.15, -0.1) is 11.3 Å². The monoisotopic (exact) mass is 287 g/mol. The van der Waals surface area contributed by atoms with E-state index in [-0.39, 0.29) is 18.3 Å². The first-order chi connectivity index (χ1) is 9.72. The topological polar surface area (TPSA) is 55.4 Å². The van der Waals surface area contributed by atoms with E-state index in [4.69, 9.17) is 4.74 Å². The minimum absolute atomic E-state index is 0.0222. The molecule has 2 aromatic rings. The molecule has 1 aromatic carbocycles. The quantitative estimate of drug-likeness (QED) is 0.880. The highest BCUT2D eigenvalue weighted by atomic mass is 32.1.